The highest BCUT2D eigenvalue weighted by molar-refractivity contribution is 7.89. The van der Waals surface area contributed by atoms with E-state index in [1.54, 1.807) is 45.0 Å². The van der Waals surface area contributed by atoms with Gasteiger partial charge in [-0.25, -0.2) is 13.2 Å². The second-order valence-electron chi connectivity index (χ2n) is 8.63. The van der Waals surface area contributed by atoms with Crippen molar-refractivity contribution in [2.75, 3.05) is 13.7 Å². The van der Waals surface area contributed by atoms with Gasteiger partial charge in [-0.1, -0.05) is 12.1 Å². The fourth-order valence-corrected chi connectivity index (χ4v) is 5.88. The maximum absolute atomic E-state index is 13.6. The van der Waals surface area contributed by atoms with Gasteiger partial charge in [0, 0.05) is 12.0 Å². The molecule has 1 atom stereocenters. The number of rotatable bonds is 7. The summed E-state index contributed by atoms with van der Waals surface area (Å²) < 4.78 is 46.2. The average Bonchev–Trinajstić information content (AvgIpc) is 3.06. The van der Waals surface area contributed by atoms with Gasteiger partial charge in [0.1, 0.15) is 23.1 Å². The van der Waals surface area contributed by atoms with Gasteiger partial charge in [0.15, 0.2) is 0 Å². The van der Waals surface area contributed by atoms with Crippen LogP contribution in [0.25, 0.3) is 0 Å². The molecule has 0 bridgehead atoms. The molecule has 1 aliphatic heterocycles. The van der Waals surface area contributed by atoms with Crippen LogP contribution < -0.4 is 14.2 Å². The topological polar surface area (TPSA) is 90.9 Å². The molecular weight excluding hydrogens is 430 g/mol. The normalized spacial score (nSPS) is 15.6. The zero-order chi connectivity index (χ0) is 23.8. The first kappa shape index (κ1) is 24.1. The van der Waals surface area contributed by atoms with E-state index in [0.717, 1.165) is 16.9 Å². The van der Waals surface area contributed by atoms with Crippen molar-refractivity contribution in [2.24, 2.45) is 0 Å². The number of methoxy groups -OCH3 is 1. The van der Waals surface area contributed by atoms with Crippen molar-refractivity contribution in [1.29, 1.82) is 0 Å². The molecule has 2 aromatic rings. The SMILES string of the molecule is CCOC(=O)[C@@H](NS(=O)(=O)c1c(C)c(C)c2c(c1C)CC(C)(C)O2)c1ccc(OC)cc1. The third-order valence-electron chi connectivity index (χ3n) is 5.81. The van der Waals surface area contributed by atoms with Crippen LogP contribution in [0.5, 0.6) is 11.5 Å². The molecule has 0 aliphatic carbocycles. The van der Waals surface area contributed by atoms with Gasteiger partial charge >= 0.3 is 5.97 Å². The van der Waals surface area contributed by atoms with Gasteiger partial charge in [0.05, 0.1) is 18.6 Å². The summed E-state index contributed by atoms with van der Waals surface area (Å²) in [5.74, 6) is 0.683. The molecule has 0 saturated carbocycles. The van der Waals surface area contributed by atoms with E-state index >= 15 is 0 Å². The van der Waals surface area contributed by atoms with Crippen LogP contribution in [-0.2, 0) is 26.0 Å². The van der Waals surface area contributed by atoms with Gasteiger partial charge in [-0.3, -0.25) is 0 Å². The molecule has 0 radical (unpaired) electrons. The molecule has 0 spiro atoms. The Labute approximate surface area is 190 Å². The Kier molecular flexibility index (Phi) is 6.58. The van der Waals surface area contributed by atoms with Crippen molar-refractivity contribution < 1.29 is 27.4 Å². The van der Waals surface area contributed by atoms with Crippen molar-refractivity contribution in [1.82, 2.24) is 4.72 Å². The van der Waals surface area contributed by atoms with Gasteiger partial charge in [0.25, 0.3) is 0 Å². The van der Waals surface area contributed by atoms with Gasteiger partial charge in [-0.15, -0.1) is 0 Å². The standard InChI is InChI=1S/C24H31NO6S/c1-8-30-23(26)20(17-9-11-18(29-7)12-10-17)25-32(27,28)22-15(3)14(2)21-19(16(22)4)13-24(5,6)31-21/h9-12,20,25H,8,13H2,1-7H3/t20-/m0/s1. The summed E-state index contributed by atoms with van der Waals surface area (Å²) >= 11 is 0. The van der Waals surface area contributed by atoms with Gasteiger partial charge in [-0.05, 0) is 75.9 Å². The average molecular weight is 462 g/mol. The lowest BCUT2D eigenvalue weighted by atomic mass is 9.94. The molecule has 0 saturated heterocycles. The molecule has 3 rings (SSSR count). The Balaban J connectivity index is 2.08. The van der Waals surface area contributed by atoms with Gasteiger partial charge in [0.2, 0.25) is 10.0 Å². The highest BCUT2D eigenvalue weighted by atomic mass is 32.2. The molecule has 32 heavy (non-hydrogen) atoms. The Bertz CT molecular complexity index is 1140. The number of hydrogen-bond acceptors (Lipinski definition) is 6. The first-order valence-corrected chi connectivity index (χ1v) is 12.0. The van der Waals surface area contributed by atoms with E-state index in [-0.39, 0.29) is 11.5 Å². The molecule has 1 heterocycles. The quantitative estimate of drug-likeness (QED) is 0.629. The molecule has 0 amide bonds. The van der Waals surface area contributed by atoms with Crippen LogP contribution in [-0.4, -0.2) is 33.7 Å². The van der Waals surface area contributed by atoms with E-state index in [1.807, 2.05) is 20.8 Å². The summed E-state index contributed by atoms with van der Waals surface area (Å²) in [6.07, 6.45) is 0.609. The Morgan fingerprint density at radius 2 is 1.75 bits per heavy atom. The van der Waals surface area contributed by atoms with Crippen molar-refractivity contribution in [3.8, 4) is 11.5 Å². The van der Waals surface area contributed by atoms with E-state index in [0.29, 0.717) is 28.9 Å². The maximum atomic E-state index is 13.6. The van der Waals surface area contributed by atoms with E-state index in [1.165, 1.54) is 7.11 Å². The van der Waals surface area contributed by atoms with E-state index in [4.69, 9.17) is 14.2 Å². The van der Waals surface area contributed by atoms with Crippen LogP contribution in [0, 0.1) is 20.8 Å². The number of carbonyl (C=O) groups is 1. The largest absolute Gasteiger partial charge is 0.497 e. The molecule has 174 valence electrons. The van der Waals surface area contributed by atoms with E-state index in [2.05, 4.69) is 4.72 Å². The van der Waals surface area contributed by atoms with E-state index in [9.17, 15) is 13.2 Å². The Morgan fingerprint density at radius 1 is 1.12 bits per heavy atom. The number of esters is 1. The smallest absolute Gasteiger partial charge is 0.328 e. The minimum Gasteiger partial charge on any atom is -0.497 e. The molecule has 0 fully saturated rings. The van der Waals surface area contributed by atoms with Gasteiger partial charge in [-0.2, -0.15) is 4.72 Å². The van der Waals surface area contributed by atoms with Crippen LogP contribution in [0.2, 0.25) is 0 Å². The summed E-state index contributed by atoms with van der Waals surface area (Å²) in [5, 5.41) is 0. The number of fused-ring (bicyclic) bond motifs is 1. The molecule has 0 unspecified atom stereocenters. The van der Waals surface area contributed by atoms with Crippen LogP contribution >= 0.6 is 0 Å². The lowest BCUT2D eigenvalue weighted by Crippen LogP contribution is -2.35. The second-order valence-corrected chi connectivity index (χ2v) is 10.3. The molecule has 7 nitrogen and oxygen atoms in total. The number of hydrogen-bond donors (Lipinski definition) is 1. The minimum absolute atomic E-state index is 0.135. The fraction of sp³-hybridized carbons (Fsp3) is 0.458. The lowest BCUT2D eigenvalue weighted by molar-refractivity contribution is -0.145. The number of nitrogens with one attached hydrogen (secondary N) is 1. The van der Waals surface area contributed by atoms with Crippen molar-refractivity contribution >= 4 is 16.0 Å². The van der Waals surface area contributed by atoms with Crippen LogP contribution in [0.4, 0.5) is 0 Å². The zero-order valence-electron chi connectivity index (χ0n) is 19.7. The monoisotopic (exact) mass is 461 g/mol. The number of sulfonamides is 1. The predicted molar refractivity (Wildman–Crippen MR) is 122 cm³/mol. The summed E-state index contributed by atoms with van der Waals surface area (Å²) in [4.78, 5) is 12.9. The van der Waals surface area contributed by atoms with Crippen LogP contribution in [0.3, 0.4) is 0 Å². The molecule has 8 heteroatoms. The minimum atomic E-state index is -4.07. The summed E-state index contributed by atoms with van der Waals surface area (Å²) in [6, 6.07) is 5.45. The van der Waals surface area contributed by atoms with Crippen LogP contribution in [0.15, 0.2) is 29.2 Å². The molecule has 0 aromatic heterocycles. The predicted octanol–water partition coefficient (Wildman–Crippen LogP) is 3.92. The third-order valence-corrected chi connectivity index (χ3v) is 7.50. The van der Waals surface area contributed by atoms with E-state index < -0.39 is 27.6 Å². The first-order chi connectivity index (χ1) is 14.9. The molecular formula is C24H31NO6S. The fourth-order valence-electron chi connectivity index (χ4n) is 4.14. The number of benzene rings is 2. The molecule has 1 aliphatic rings. The van der Waals surface area contributed by atoms with Crippen LogP contribution in [0.1, 0.15) is 54.6 Å². The maximum Gasteiger partial charge on any atom is 0.328 e. The Hall–Kier alpha value is -2.58. The van der Waals surface area contributed by atoms with Crippen molar-refractivity contribution in [3.63, 3.8) is 0 Å². The Morgan fingerprint density at radius 3 is 2.31 bits per heavy atom. The lowest BCUT2D eigenvalue weighted by Gasteiger charge is -2.22. The second kappa shape index (κ2) is 8.75. The number of ether oxygens (including phenoxy) is 3. The highest BCUT2D eigenvalue weighted by Gasteiger charge is 2.38. The highest BCUT2D eigenvalue weighted by Crippen LogP contribution is 2.44. The summed E-state index contributed by atoms with van der Waals surface area (Å²) in [6.45, 7) is 11.2. The number of carbonyl (C=O) groups excluding carboxylic acids is 1. The molecule has 2 aromatic carbocycles. The first-order valence-electron chi connectivity index (χ1n) is 10.6. The summed E-state index contributed by atoms with van der Waals surface area (Å²) in [5.41, 5.74) is 2.97. The van der Waals surface area contributed by atoms with Gasteiger partial charge < -0.3 is 14.2 Å². The van der Waals surface area contributed by atoms with Crippen molar-refractivity contribution in [2.45, 2.75) is 64.5 Å². The summed E-state index contributed by atoms with van der Waals surface area (Å²) in [7, 11) is -2.53. The molecule has 1 N–H and O–H groups in total. The van der Waals surface area contributed by atoms with Crippen molar-refractivity contribution in [3.05, 3.63) is 52.1 Å². The third kappa shape index (κ3) is 4.47. The zero-order valence-corrected chi connectivity index (χ0v) is 20.5.